The van der Waals surface area contributed by atoms with Gasteiger partial charge in [-0.05, 0) is 67.1 Å². The van der Waals surface area contributed by atoms with E-state index in [1.165, 1.54) is 7.11 Å². The quantitative estimate of drug-likeness (QED) is 0.680. The van der Waals surface area contributed by atoms with Gasteiger partial charge in [0.25, 0.3) is 0 Å². The molecule has 4 aliphatic carbocycles. The average molecular weight is 375 g/mol. The lowest BCUT2D eigenvalue weighted by molar-refractivity contribution is -0.162. The van der Waals surface area contributed by atoms with Gasteiger partial charge in [0.2, 0.25) is 0 Å². The van der Waals surface area contributed by atoms with Crippen LogP contribution in [0.15, 0.2) is 0 Å². The molecule has 4 fully saturated rings. The fraction of sp³-hybridized carbons (Fsp3) is 0.870. The normalized spacial score (nSPS) is 47.6. The minimum absolute atomic E-state index is 0.0989. The molecule has 27 heavy (non-hydrogen) atoms. The molecule has 0 aromatic heterocycles. The maximum Gasteiger partial charge on any atom is 0.308 e. The summed E-state index contributed by atoms with van der Waals surface area (Å²) in [5, 5.41) is 0. The second kappa shape index (κ2) is 6.42. The molecule has 0 amide bonds. The van der Waals surface area contributed by atoms with E-state index < -0.39 is 0 Å². The van der Waals surface area contributed by atoms with E-state index in [1.807, 2.05) is 6.92 Å². The van der Waals surface area contributed by atoms with Crippen molar-refractivity contribution in [3.05, 3.63) is 0 Å². The summed E-state index contributed by atoms with van der Waals surface area (Å²) in [5.41, 5.74) is -0.248. The van der Waals surface area contributed by atoms with Crippen LogP contribution in [0.25, 0.3) is 0 Å². The van der Waals surface area contributed by atoms with Gasteiger partial charge in [0.05, 0.1) is 13.0 Å². The first kappa shape index (κ1) is 19.1. The van der Waals surface area contributed by atoms with Gasteiger partial charge in [0.15, 0.2) is 0 Å². The SMILES string of the molecule is COC(=O)[C@@H](C)[C@@H]1CC[C@@H]2[C@H]3CC[C@H]4CC(=O)CC[C@]4(C)[C@@H]3CC(=O)[C@@]21C. The van der Waals surface area contributed by atoms with Crippen molar-refractivity contribution in [2.75, 3.05) is 7.11 Å². The topological polar surface area (TPSA) is 60.4 Å². The summed E-state index contributed by atoms with van der Waals surface area (Å²) in [5.74, 6) is 2.31. The van der Waals surface area contributed by atoms with E-state index in [0.717, 1.165) is 38.5 Å². The Bertz CT molecular complexity index is 669. The van der Waals surface area contributed by atoms with Gasteiger partial charge in [-0.1, -0.05) is 20.8 Å². The van der Waals surface area contributed by atoms with Crippen molar-refractivity contribution in [1.29, 1.82) is 0 Å². The molecule has 0 radical (unpaired) electrons. The first-order valence-corrected chi connectivity index (χ1v) is 10.9. The lowest BCUT2D eigenvalue weighted by atomic mass is 9.44. The minimum atomic E-state index is -0.386. The molecule has 0 heterocycles. The molecule has 8 atom stereocenters. The predicted molar refractivity (Wildman–Crippen MR) is 102 cm³/mol. The summed E-state index contributed by atoms with van der Waals surface area (Å²) in [6, 6.07) is 0. The zero-order valence-electron chi connectivity index (χ0n) is 17.3. The van der Waals surface area contributed by atoms with Crippen LogP contribution in [-0.2, 0) is 19.1 Å². The summed E-state index contributed by atoms with van der Waals surface area (Å²) in [6.45, 7) is 6.45. The molecule has 0 bridgehead atoms. The maximum atomic E-state index is 13.5. The van der Waals surface area contributed by atoms with Gasteiger partial charge in [-0.2, -0.15) is 0 Å². The van der Waals surface area contributed by atoms with Crippen molar-refractivity contribution < 1.29 is 19.1 Å². The number of Topliss-reactive ketones (excluding diaryl/α,β-unsaturated/α-hetero) is 2. The molecule has 150 valence electrons. The van der Waals surface area contributed by atoms with Gasteiger partial charge in [0.1, 0.15) is 11.6 Å². The Morgan fingerprint density at radius 1 is 1.07 bits per heavy atom. The smallest absolute Gasteiger partial charge is 0.308 e. The molecule has 0 aromatic carbocycles. The molecule has 0 spiro atoms. The summed E-state index contributed by atoms with van der Waals surface area (Å²) < 4.78 is 5.01. The Balaban J connectivity index is 1.64. The highest BCUT2D eigenvalue weighted by molar-refractivity contribution is 5.88. The number of hydrogen-bond donors (Lipinski definition) is 0. The average Bonchev–Trinajstić information content (AvgIpc) is 3.01. The molecular formula is C23H34O4. The third-order valence-electron chi connectivity index (χ3n) is 9.59. The molecule has 0 aliphatic heterocycles. The van der Waals surface area contributed by atoms with Crippen LogP contribution in [0.3, 0.4) is 0 Å². The van der Waals surface area contributed by atoms with Crippen LogP contribution in [0.5, 0.6) is 0 Å². The first-order chi connectivity index (χ1) is 12.7. The summed E-state index contributed by atoms with van der Waals surface area (Å²) in [7, 11) is 1.44. The lowest BCUT2D eigenvalue weighted by Crippen LogP contribution is -2.57. The second-order valence-corrected chi connectivity index (χ2v) is 10.3. The Morgan fingerprint density at radius 3 is 2.52 bits per heavy atom. The fourth-order valence-electron chi connectivity index (χ4n) is 7.94. The van der Waals surface area contributed by atoms with Gasteiger partial charge >= 0.3 is 5.97 Å². The van der Waals surface area contributed by atoms with Crippen LogP contribution in [0, 0.1) is 46.3 Å². The van der Waals surface area contributed by atoms with Crippen molar-refractivity contribution in [1.82, 2.24) is 0 Å². The van der Waals surface area contributed by atoms with Gasteiger partial charge in [0, 0.05) is 24.7 Å². The van der Waals surface area contributed by atoms with E-state index in [4.69, 9.17) is 4.74 Å². The summed E-state index contributed by atoms with van der Waals surface area (Å²) >= 11 is 0. The molecule has 4 heteroatoms. The molecule has 0 N–H and O–H groups in total. The number of ketones is 2. The highest BCUT2D eigenvalue weighted by atomic mass is 16.5. The molecular weight excluding hydrogens is 340 g/mol. The number of ether oxygens (including phenoxy) is 1. The minimum Gasteiger partial charge on any atom is -0.469 e. The van der Waals surface area contributed by atoms with Crippen molar-refractivity contribution in [3.63, 3.8) is 0 Å². The Hall–Kier alpha value is -1.19. The standard InChI is InChI=1S/C23H34O4/c1-13(21(26)27-4)17-7-8-18-16-6-5-14-11-15(24)9-10-22(14,2)19(16)12-20(25)23(17,18)3/h13-14,16-19H,5-12H2,1-4H3/t13-,14-,16+,17-,18+,19+,22-,23+/m0/s1. The second-order valence-electron chi connectivity index (χ2n) is 10.3. The summed E-state index contributed by atoms with van der Waals surface area (Å²) in [4.78, 5) is 37.8. The number of methoxy groups -OCH3 is 1. The Kier molecular flexibility index (Phi) is 4.55. The zero-order chi connectivity index (χ0) is 19.6. The van der Waals surface area contributed by atoms with E-state index in [9.17, 15) is 14.4 Å². The highest BCUT2D eigenvalue weighted by Gasteiger charge is 2.64. The van der Waals surface area contributed by atoms with Gasteiger partial charge in [-0.15, -0.1) is 0 Å². The molecule has 4 rings (SSSR count). The molecule has 0 unspecified atom stereocenters. The van der Waals surface area contributed by atoms with Gasteiger partial charge in [-0.3, -0.25) is 14.4 Å². The van der Waals surface area contributed by atoms with Crippen LogP contribution in [0.1, 0.15) is 72.1 Å². The first-order valence-electron chi connectivity index (χ1n) is 10.9. The van der Waals surface area contributed by atoms with Gasteiger partial charge in [-0.25, -0.2) is 0 Å². The van der Waals surface area contributed by atoms with E-state index in [-0.39, 0.29) is 28.6 Å². The van der Waals surface area contributed by atoms with Crippen molar-refractivity contribution in [2.24, 2.45) is 46.3 Å². The third-order valence-corrected chi connectivity index (χ3v) is 9.59. The molecule has 4 saturated carbocycles. The van der Waals surface area contributed by atoms with Crippen molar-refractivity contribution in [2.45, 2.75) is 72.1 Å². The van der Waals surface area contributed by atoms with E-state index in [0.29, 0.717) is 48.1 Å². The molecule has 0 aromatic rings. The van der Waals surface area contributed by atoms with E-state index in [2.05, 4.69) is 13.8 Å². The number of fused-ring (bicyclic) bond motifs is 5. The van der Waals surface area contributed by atoms with Crippen molar-refractivity contribution in [3.8, 4) is 0 Å². The number of rotatable bonds is 2. The third kappa shape index (κ3) is 2.57. The van der Waals surface area contributed by atoms with Crippen LogP contribution < -0.4 is 0 Å². The number of hydrogen-bond acceptors (Lipinski definition) is 4. The molecule has 4 aliphatic rings. The monoisotopic (exact) mass is 374 g/mol. The largest absolute Gasteiger partial charge is 0.469 e. The van der Waals surface area contributed by atoms with Crippen LogP contribution in [0.4, 0.5) is 0 Å². The number of esters is 1. The van der Waals surface area contributed by atoms with E-state index >= 15 is 0 Å². The van der Waals surface area contributed by atoms with Crippen LogP contribution >= 0.6 is 0 Å². The number of carbonyl (C=O) groups is 3. The van der Waals surface area contributed by atoms with Crippen molar-refractivity contribution >= 4 is 17.5 Å². The highest BCUT2D eigenvalue weighted by Crippen LogP contribution is 2.66. The zero-order valence-corrected chi connectivity index (χ0v) is 17.3. The van der Waals surface area contributed by atoms with Crippen LogP contribution in [-0.4, -0.2) is 24.6 Å². The summed E-state index contributed by atoms with van der Waals surface area (Å²) in [6.07, 6.45) is 7.28. The maximum absolute atomic E-state index is 13.5. The Labute approximate surface area is 162 Å². The number of carbonyl (C=O) groups excluding carboxylic acids is 3. The Morgan fingerprint density at radius 2 is 1.81 bits per heavy atom. The van der Waals surface area contributed by atoms with Gasteiger partial charge < -0.3 is 4.74 Å². The predicted octanol–water partition coefficient (Wildman–Crippen LogP) is 4.20. The lowest BCUT2D eigenvalue weighted by Gasteiger charge is -2.59. The fourth-order valence-corrected chi connectivity index (χ4v) is 7.94. The molecule has 4 nitrogen and oxygen atoms in total. The van der Waals surface area contributed by atoms with Crippen LogP contribution in [0.2, 0.25) is 0 Å². The van der Waals surface area contributed by atoms with E-state index in [1.54, 1.807) is 0 Å². The molecule has 0 saturated heterocycles.